The van der Waals surface area contributed by atoms with Gasteiger partial charge in [0, 0.05) is 19.2 Å². The Bertz CT molecular complexity index is 1040. The monoisotopic (exact) mass is 414 g/mol. The minimum absolute atomic E-state index is 0.0562. The SMILES string of the molecule is COc1ccc(CN(C)C(=O)c2ccc(S(=O)(=O)NCc3ccco3)cc2)cc1. The fourth-order valence-electron chi connectivity index (χ4n) is 2.74. The number of methoxy groups -OCH3 is 1. The first-order chi connectivity index (χ1) is 13.9. The Hall–Kier alpha value is -3.10. The molecule has 0 aliphatic carbocycles. The average molecular weight is 414 g/mol. The molecule has 152 valence electrons. The molecule has 0 fully saturated rings. The van der Waals surface area contributed by atoms with Gasteiger partial charge in [0.15, 0.2) is 0 Å². The third-order valence-corrected chi connectivity index (χ3v) is 5.77. The van der Waals surface area contributed by atoms with E-state index in [9.17, 15) is 13.2 Å². The zero-order valence-corrected chi connectivity index (χ0v) is 17.0. The highest BCUT2D eigenvalue weighted by atomic mass is 32.2. The molecule has 2 aromatic carbocycles. The number of ether oxygens (including phenoxy) is 1. The van der Waals surface area contributed by atoms with Gasteiger partial charge in [0.25, 0.3) is 5.91 Å². The van der Waals surface area contributed by atoms with Crippen LogP contribution < -0.4 is 9.46 Å². The Labute approximate surface area is 170 Å². The molecule has 0 unspecified atom stereocenters. The molecule has 0 atom stereocenters. The van der Waals surface area contributed by atoms with Crippen LogP contribution in [-0.4, -0.2) is 33.4 Å². The van der Waals surface area contributed by atoms with E-state index >= 15 is 0 Å². The lowest BCUT2D eigenvalue weighted by Gasteiger charge is -2.18. The average Bonchev–Trinajstić information content (AvgIpc) is 3.26. The second-order valence-electron chi connectivity index (χ2n) is 6.44. The topological polar surface area (TPSA) is 88.8 Å². The minimum Gasteiger partial charge on any atom is -0.497 e. The Morgan fingerprint density at radius 1 is 1.07 bits per heavy atom. The van der Waals surface area contributed by atoms with Crippen molar-refractivity contribution < 1.29 is 22.4 Å². The van der Waals surface area contributed by atoms with Gasteiger partial charge in [0.05, 0.1) is 24.8 Å². The highest BCUT2D eigenvalue weighted by Crippen LogP contribution is 2.16. The van der Waals surface area contributed by atoms with Crippen LogP contribution in [0.25, 0.3) is 0 Å². The van der Waals surface area contributed by atoms with Crippen molar-refractivity contribution in [1.29, 1.82) is 0 Å². The van der Waals surface area contributed by atoms with Crippen molar-refractivity contribution in [2.45, 2.75) is 18.0 Å². The maximum Gasteiger partial charge on any atom is 0.253 e. The molecular formula is C21H22N2O5S. The first-order valence-electron chi connectivity index (χ1n) is 8.89. The summed E-state index contributed by atoms with van der Waals surface area (Å²) < 4.78 is 37.5. The fraction of sp³-hybridized carbons (Fsp3) is 0.190. The van der Waals surface area contributed by atoms with E-state index in [1.807, 2.05) is 24.3 Å². The van der Waals surface area contributed by atoms with Gasteiger partial charge in [0.1, 0.15) is 11.5 Å². The summed E-state index contributed by atoms with van der Waals surface area (Å²) in [6, 6.07) is 16.7. The van der Waals surface area contributed by atoms with Crippen LogP contribution in [0.1, 0.15) is 21.7 Å². The molecule has 0 spiro atoms. The van der Waals surface area contributed by atoms with Gasteiger partial charge in [-0.05, 0) is 54.1 Å². The lowest BCUT2D eigenvalue weighted by atomic mass is 10.1. The number of nitrogens with one attached hydrogen (secondary N) is 1. The molecule has 0 saturated heterocycles. The summed E-state index contributed by atoms with van der Waals surface area (Å²) in [7, 11) is -0.406. The van der Waals surface area contributed by atoms with E-state index in [1.165, 1.54) is 30.5 Å². The second kappa shape index (κ2) is 8.93. The molecule has 0 aliphatic rings. The van der Waals surface area contributed by atoms with Gasteiger partial charge >= 0.3 is 0 Å². The minimum atomic E-state index is -3.70. The van der Waals surface area contributed by atoms with Crippen LogP contribution in [0, 0.1) is 0 Å². The van der Waals surface area contributed by atoms with Crippen LogP contribution >= 0.6 is 0 Å². The standard InChI is InChI=1S/C21H22N2O5S/c1-23(15-16-5-9-18(27-2)10-6-16)21(24)17-7-11-20(12-8-17)29(25,26)22-14-19-4-3-13-28-19/h3-13,22H,14-15H2,1-2H3. The second-order valence-corrected chi connectivity index (χ2v) is 8.20. The Morgan fingerprint density at radius 3 is 2.34 bits per heavy atom. The maximum atomic E-state index is 12.6. The first-order valence-corrected chi connectivity index (χ1v) is 10.4. The summed E-state index contributed by atoms with van der Waals surface area (Å²) in [5.74, 6) is 1.06. The zero-order valence-electron chi connectivity index (χ0n) is 16.2. The van der Waals surface area contributed by atoms with E-state index in [-0.39, 0.29) is 17.3 Å². The van der Waals surface area contributed by atoms with Gasteiger partial charge in [0.2, 0.25) is 10.0 Å². The molecule has 0 radical (unpaired) electrons. The number of benzene rings is 2. The van der Waals surface area contributed by atoms with Gasteiger partial charge in [-0.3, -0.25) is 4.79 Å². The van der Waals surface area contributed by atoms with E-state index in [2.05, 4.69) is 4.72 Å². The molecular weight excluding hydrogens is 392 g/mol. The summed E-state index contributed by atoms with van der Waals surface area (Å²) >= 11 is 0. The van der Waals surface area contributed by atoms with Crippen LogP contribution in [0.3, 0.4) is 0 Å². The molecule has 0 bridgehead atoms. The highest BCUT2D eigenvalue weighted by Gasteiger charge is 2.17. The molecule has 7 nitrogen and oxygen atoms in total. The molecule has 1 amide bonds. The van der Waals surface area contributed by atoms with Crippen LogP contribution in [0.15, 0.2) is 76.2 Å². The molecule has 1 heterocycles. The highest BCUT2D eigenvalue weighted by molar-refractivity contribution is 7.89. The third kappa shape index (κ3) is 5.24. The van der Waals surface area contributed by atoms with E-state index in [1.54, 1.807) is 31.2 Å². The molecule has 3 aromatic rings. The third-order valence-electron chi connectivity index (χ3n) is 4.35. The van der Waals surface area contributed by atoms with Crippen LogP contribution in [-0.2, 0) is 23.1 Å². The van der Waals surface area contributed by atoms with E-state index in [4.69, 9.17) is 9.15 Å². The van der Waals surface area contributed by atoms with Crippen molar-refractivity contribution in [3.63, 3.8) is 0 Å². The fourth-order valence-corrected chi connectivity index (χ4v) is 3.73. The predicted molar refractivity (Wildman–Crippen MR) is 108 cm³/mol. The van der Waals surface area contributed by atoms with Crippen LogP contribution in [0.2, 0.25) is 0 Å². The molecule has 29 heavy (non-hydrogen) atoms. The Morgan fingerprint density at radius 2 is 1.76 bits per heavy atom. The maximum absolute atomic E-state index is 12.6. The van der Waals surface area contributed by atoms with Crippen molar-refractivity contribution in [1.82, 2.24) is 9.62 Å². The van der Waals surface area contributed by atoms with Crippen LogP contribution in [0.4, 0.5) is 0 Å². The summed E-state index contributed by atoms with van der Waals surface area (Å²) in [5, 5.41) is 0. The summed E-state index contributed by atoms with van der Waals surface area (Å²) in [4.78, 5) is 14.3. The quantitative estimate of drug-likeness (QED) is 0.612. The summed E-state index contributed by atoms with van der Waals surface area (Å²) in [6.45, 7) is 0.480. The number of carbonyl (C=O) groups is 1. The number of furan rings is 1. The molecule has 0 saturated carbocycles. The largest absolute Gasteiger partial charge is 0.497 e. The normalized spacial score (nSPS) is 11.2. The summed E-state index contributed by atoms with van der Waals surface area (Å²) in [6.07, 6.45) is 1.48. The van der Waals surface area contributed by atoms with Crippen molar-refractivity contribution >= 4 is 15.9 Å². The number of amides is 1. The van der Waals surface area contributed by atoms with Crippen molar-refractivity contribution in [2.24, 2.45) is 0 Å². The van der Waals surface area contributed by atoms with Gasteiger partial charge in [-0.25, -0.2) is 13.1 Å². The lowest BCUT2D eigenvalue weighted by molar-refractivity contribution is 0.0785. The number of sulfonamides is 1. The summed E-state index contributed by atoms with van der Waals surface area (Å²) in [5.41, 5.74) is 1.37. The van der Waals surface area contributed by atoms with Gasteiger partial charge < -0.3 is 14.1 Å². The van der Waals surface area contributed by atoms with Crippen molar-refractivity contribution in [3.8, 4) is 5.75 Å². The van der Waals surface area contributed by atoms with Gasteiger partial charge in [-0.2, -0.15) is 0 Å². The Kier molecular flexibility index (Phi) is 6.36. The molecule has 8 heteroatoms. The Balaban J connectivity index is 1.64. The number of nitrogens with zero attached hydrogens (tertiary/aromatic N) is 1. The first kappa shape index (κ1) is 20.6. The number of hydrogen-bond donors (Lipinski definition) is 1. The van der Waals surface area contributed by atoms with E-state index in [0.717, 1.165) is 11.3 Å². The van der Waals surface area contributed by atoms with Gasteiger partial charge in [-0.15, -0.1) is 0 Å². The van der Waals surface area contributed by atoms with Gasteiger partial charge in [-0.1, -0.05) is 12.1 Å². The van der Waals surface area contributed by atoms with E-state index in [0.29, 0.717) is 17.9 Å². The predicted octanol–water partition coefficient (Wildman–Crippen LogP) is 3.04. The molecule has 0 aliphatic heterocycles. The molecule has 3 rings (SSSR count). The molecule has 1 N–H and O–H groups in total. The number of carbonyl (C=O) groups excluding carboxylic acids is 1. The lowest BCUT2D eigenvalue weighted by Crippen LogP contribution is -2.26. The number of rotatable bonds is 8. The zero-order chi connectivity index (χ0) is 20.9. The van der Waals surface area contributed by atoms with E-state index < -0.39 is 10.0 Å². The van der Waals surface area contributed by atoms with Crippen molar-refractivity contribution in [3.05, 3.63) is 83.8 Å². The number of hydrogen-bond acceptors (Lipinski definition) is 5. The van der Waals surface area contributed by atoms with Crippen LogP contribution in [0.5, 0.6) is 5.75 Å². The molecule has 1 aromatic heterocycles. The van der Waals surface area contributed by atoms with Crippen molar-refractivity contribution in [2.75, 3.05) is 14.2 Å². The smallest absolute Gasteiger partial charge is 0.253 e.